The average Bonchev–Trinajstić information content (AvgIpc) is 2.63. The van der Waals surface area contributed by atoms with Crippen LogP contribution in [0.15, 0.2) is 48.5 Å². The van der Waals surface area contributed by atoms with Gasteiger partial charge in [0, 0.05) is 0 Å². The molecule has 2 rings (SSSR count). The van der Waals surface area contributed by atoms with Gasteiger partial charge in [0.05, 0.1) is 25.4 Å². The smallest absolute Gasteiger partial charge is 0.171 e. The van der Waals surface area contributed by atoms with E-state index in [2.05, 4.69) is 36.6 Å². The molecule has 0 amide bonds. The quantitative estimate of drug-likeness (QED) is 0.626. The number of ether oxygens (including phenoxy) is 2. The van der Waals surface area contributed by atoms with Crippen LogP contribution in [-0.4, -0.2) is 18.8 Å². The van der Waals surface area contributed by atoms with Crippen LogP contribution < -0.4 is 20.1 Å². The third-order valence-electron chi connectivity index (χ3n) is 3.97. The minimum Gasteiger partial charge on any atom is -0.497 e. The number of rotatable bonds is 8. The number of anilines is 1. The van der Waals surface area contributed by atoms with Gasteiger partial charge in [0.2, 0.25) is 0 Å². The van der Waals surface area contributed by atoms with E-state index in [1.165, 1.54) is 5.56 Å². The summed E-state index contributed by atoms with van der Waals surface area (Å²) in [5, 5.41) is 7.29. The molecular formula is C21H28N2O2S. The number of thiocarbonyl (C=S) groups is 1. The molecule has 26 heavy (non-hydrogen) atoms. The molecular weight excluding hydrogens is 344 g/mol. The van der Waals surface area contributed by atoms with Crippen molar-refractivity contribution in [1.29, 1.82) is 0 Å². The first-order chi connectivity index (χ1) is 12.5. The second-order valence-corrected chi connectivity index (χ2v) is 6.89. The number of methoxy groups -OCH3 is 1. The molecule has 0 fully saturated rings. The lowest BCUT2D eigenvalue weighted by molar-refractivity contribution is 0.342. The zero-order valence-electron chi connectivity index (χ0n) is 15.9. The van der Waals surface area contributed by atoms with Crippen molar-refractivity contribution in [2.45, 2.75) is 33.2 Å². The zero-order valence-corrected chi connectivity index (χ0v) is 16.7. The maximum absolute atomic E-state index is 5.65. The molecule has 0 unspecified atom stereocenters. The van der Waals surface area contributed by atoms with E-state index in [0.29, 0.717) is 17.6 Å². The van der Waals surface area contributed by atoms with Crippen LogP contribution in [0.25, 0.3) is 0 Å². The predicted molar refractivity (Wildman–Crippen MR) is 112 cm³/mol. The Morgan fingerprint density at radius 1 is 1.08 bits per heavy atom. The van der Waals surface area contributed by atoms with Crippen LogP contribution in [0.2, 0.25) is 0 Å². The van der Waals surface area contributed by atoms with Crippen molar-refractivity contribution in [1.82, 2.24) is 5.32 Å². The fraction of sp³-hybridized carbons (Fsp3) is 0.381. The summed E-state index contributed by atoms with van der Waals surface area (Å²) in [6.07, 6.45) is 0.973. The largest absolute Gasteiger partial charge is 0.497 e. The Morgan fingerprint density at radius 2 is 1.77 bits per heavy atom. The summed E-state index contributed by atoms with van der Waals surface area (Å²) in [4.78, 5) is 0. The van der Waals surface area contributed by atoms with Crippen LogP contribution in [0, 0.1) is 5.92 Å². The molecule has 2 N–H and O–H groups in total. The normalized spacial score (nSPS) is 11.7. The van der Waals surface area contributed by atoms with Gasteiger partial charge in [-0.15, -0.1) is 0 Å². The summed E-state index contributed by atoms with van der Waals surface area (Å²) in [5.41, 5.74) is 2.05. The van der Waals surface area contributed by atoms with Gasteiger partial charge < -0.3 is 20.1 Å². The van der Waals surface area contributed by atoms with Crippen LogP contribution in [-0.2, 0) is 0 Å². The maximum atomic E-state index is 5.65. The zero-order chi connectivity index (χ0) is 18.9. The van der Waals surface area contributed by atoms with Gasteiger partial charge in [0.25, 0.3) is 0 Å². The number of para-hydroxylation sites is 2. The van der Waals surface area contributed by atoms with Crippen LogP contribution >= 0.6 is 12.2 Å². The summed E-state index contributed by atoms with van der Waals surface area (Å²) in [6.45, 7) is 6.99. The van der Waals surface area contributed by atoms with E-state index in [9.17, 15) is 0 Å². The summed E-state index contributed by atoms with van der Waals surface area (Å²) >= 11 is 5.56. The second-order valence-electron chi connectivity index (χ2n) is 6.48. The van der Waals surface area contributed by atoms with Crippen LogP contribution in [0.3, 0.4) is 0 Å². The van der Waals surface area contributed by atoms with Crippen LogP contribution in [0.1, 0.15) is 38.8 Å². The molecule has 140 valence electrons. The molecule has 0 aliphatic carbocycles. The van der Waals surface area contributed by atoms with E-state index in [1.807, 2.05) is 43.3 Å². The third kappa shape index (κ3) is 5.92. The third-order valence-corrected chi connectivity index (χ3v) is 4.19. The monoisotopic (exact) mass is 372 g/mol. The van der Waals surface area contributed by atoms with Crippen molar-refractivity contribution < 1.29 is 9.47 Å². The van der Waals surface area contributed by atoms with Gasteiger partial charge in [-0.3, -0.25) is 0 Å². The molecule has 0 heterocycles. The highest BCUT2D eigenvalue weighted by atomic mass is 32.1. The topological polar surface area (TPSA) is 42.5 Å². The minimum absolute atomic E-state index is 0.125. The number of hydrogen-bond donors (Lipinski definition) is 2. The molecule has 4 nitrogen and oxygen atoms in total. The molecule has 2 aromatic carbocycles. The predicted octanol–water partition coefficient (Wildman–Crippen LogP) is 5.17. The first-order valence-corrected chi connectivity index (χ1v) is 9.37. The van der Waals surface area contributed by atoms with E-state index < -0.39 is 0 Å². The van der Waals surface area contributed by atoms with E-state index in [4.69, 9.17) is 21.7 Å². The molecule has 1 atom stereocenters. The maximum Gasteiger partial charge on any atom is 0.171 e. The molecule has 0 spiro atoms. The van der Waals surface area contributed by atoms with E-state index in [1.54, 1.807) is 7.11 Å². The van der Waals surface area contributed by atoms with Crippen LogP contribution in [0.5, 0.6) is 11.5 Å². The van der Waals surface area contributed by atoms with Gasteiger partial charge in [0.1, 0.15) is 11.5 Å². The van der Waals surface area contributed by atoms with Gasteiger partial charge >= 0.3 is 0 Å². The number of nitrogens with one attached hydrogen (secondary N) is 2. The van der Waals surface area contributed by atoms with Gasteiger partial charge in [0.15, 0.2) is 5.11 Å². The number of benzene rings is 2. The lowest BCUT2D eigenvalue weighted by Crippen LogP contribution is -2.33. The van der Waals surface area contributed by atoms with E-state index in [0.717, 1.165) is 23.6 Å². The van der Waals surface area contributed by atoms with Crippen LogP contribution in [0.4, 0.5) is 5.69 Å². The first kappa shape index (κ1) is 20.0. The van der Waals surface area contributed by atoms with Crippen molar-refractivity contribution in [2.24, 2.45) is 5.92 Å². The molecule has 5 heteroatoms. The molecule has 0 radical (unpaired) electrons. The average molecular weight is 373 g/mol. The van der Waals surface area contributed by atoms with Gasteiger partial charge in [-0.2, -0.15) is 0 Å². The van der Waals surface area contributed by atoms with E-state index in [-0.39, 0.29) is 6.04 Å². The molecule has 0 bridgehead atoms. The summed E-state index contributed by atoms with van der Waals surface area (Å²) in [7, 11) is 1.67. The molecule has 0 saturated carbocycles. The molecule has 2 aromatic rings. The Bertz CT molecular complexity index is 701. The fourth-order valence-electron chi connectivity index (χ4n) is 2.75. The fourth-order valence-corrected chi connectivity index (χ4v) is 3.01. The lowest BCUT2D eigenvalue weighted by Gasteiger charge is -2.24. The molecule has 0 saturated heterocycles. The summed E-state index contributed by atoms with van der Waals surface area (Å²) in [5.74, 6) is 2.18. The lowest BCUT2D eigenvalue weighted by atomic mass is 9.97. The van der Waals surface area contributed by atoms with Crippen molar-refractivity contribution in [3.63, 3.8) is 0 Å². The molecule has 0 aliphatic heterocycles. The van der Waals surface area contributed by atoms with Gasteiger partial charge in [-0.05, 0) is 61.3 Å². The van der Waals surface area contributed by atoms with Crippen molar-refractivity contribution in [2.75, 3.05) is 19.0 Å². The molecule has 0 aromatic heterocycles. The van der Waals surface area contributed by atoms with E-state index >= 15 is 0 Å². The van der Waals surface area contributed by atoms with Gasteiger partial charge in [-0.25, -0.2) is 0 Å². The highest BCUT2D eigenvalue weighted by Crippen LogP contribution is 2.26. The van der Waals surface area contributed by atoms with Crippen molar-refractivity contribution in [3.05, 3.63) is 54.1 Å². The second kappa shape index (κ2) is 10.0. The Morgan fingerprint density at radius 3 is 2.38 bits per heavy atom. The summed E-state index contributed by atoms with van der Waals surface area (Å²) in [6, 6.07) is 16.0. The SMILES string of the molecule is CCOc1ccccc1NC(=S)N[C@@H](CC(C)C)c1ccc(OC)cc1. The van der Waals surface area contributed by atoms with Gasteiger partial charge in [-0.1, -0.05) is 38.1 Å². The highest BCUT2D eigenvalue weighted by molar-refractivity contribution is 7.80. The Balaban J connectivity index is 2.11. The first-order valence-electron chi connectivity index (χ1n) is 8.96. The number of hydrogen-bond acceptors (Lipinski definition) is 3. The Labute approximate surface area is 161 Å². The highest BCUT2D eigenvalue weighted by Gasteiger charge is 2.15. The van der Waals surface area contributed by atoms with Crippen molar-refractivity contribution in [3.8, 4) is 11.5 Å². The van der Waals surface area contributed by atoms with Crippen molar-refractivity contribution >= 4 is 23.0 Å². The standard InChI is InChI=1S/C21H28N2O2S/c1-5-25-20-9-7-6-8-18(20)22-21(26)23-19(14-15(2)3)16-10-12-17(24-4)13-11-16/h6-13,15,19H,5,14H2,1-4H3,(H2,22,23,26)/t19-/m0/s1. The Hall–Kier alpha value is -2.27. The minimum atomic E-state index is 0.125. The summed E-state index contributed by atoms with van der Waals surface area (Å²) < 4.78 is 10.9. The Kier molecular flexibility index (Phi) is 7.73. The molecule has 0 aliphatic rings.